The monoisotopic (exact) mass is 330 g/mol. The topological polar surface area (TPSA) is 50.2 Å². The van der Waals surface area contributed by atoms with Gasteiger partial charge in [-0.05, 0) is 39.0 Å². The summed E-state index contributed by atoms with van der Waals surface area (Å²) in [5.41, 5.74) is 3.16. The number of hydrogen-bond acceptors (Lipinski definition) is 3. The van der Waals surface area contributed by atoms with Crippen molar-refractivity contribution < 1.29 is 4.79 Å². The molecule has 5 nitrogen and oxygen atoms in total. The van der Waals surface area contributed by atoms with Crippen LogP contribution in [0, 0.1) is 0 Å². The van der Waals surface area contributed by atoms with Gasteiger partial charge in [-0.3, -0.25) is 9.48 Å². The Balaban J connectivity index is 1.83. The highest BCUT2D eigenvalue weighted by Gasteiger charge is 2.30. The molecule has 1 fully saturated rings. The molecule has 1 saturated heterocycles. The molecule has 0 saturated carbocycles. The molecule has 1 aromatic heterocycles. The Kier molecular flexibility index (Phi) is 5.72. The van der Waals surface area contributed by atoms with Gasteiger partial charge in [-0.2, -0.15) is 5.10 Å². The van der Waals surface area contributed by atoms with Gasteiger partial charge in [0.15, 0.2) is 5.69 Å². The number of carbonyl (C=O) groups excluding carboxylic acids is 1. The predicted octanol–water partition coefficient (Wildman–Crippen LogP) is 2.55. The first-order valence-corrected chi connectivity index (χ1v) is 9.46. The van der Waals surface area contributed by atoms with Crippen molar-refractivity contribution in [3.63, 3.8) is 0 Å². The minimum Gasteiger partial charge on any atom is -0.337 e. The molecule has 1 aliphatic heterocycles. The summed E-state index contributed by atoms with van der Waals surface area (Å²) in [4.78, 5) is 15.1. The Morgan fingerprint density at radius 1 is 1.33 bits per heavy atom. The van der Waals surface area contributed by atoms with Crippen LogP contribution in [0.5, 0.6) is 0 Å². The Morgan fingerprint density at radius 2 is 2.08 bits per heavy atom. The SMILES string of the molecule is C=CCNC1CCc2c(c(C(=O)N3CCCCCC3)nn2CC)C1. The molecule has 2 heterocycles. The smallest absolute Gasteiger partial charge is 0.274 e. The van der Waals surface area contributed by atoms with Crippen molar-refractivity contribution in [1.82, 2.24) is 20.0 Å². The van der Waals surface area contributed by atoms with Gasteiger partial charge in [0, 0.05) is 43.5 Å². The number of nitrogens with one attached hydrogen (secondary N) is 1. The van der Waals surface area contributed by atoms with E-state index in [0.29, 0.717) is 11.7 Å². The first-order chi connectivity index (χ1) is 11.7. The lowest BCUT2D eigenvalue weighted by Gasteiger charge is -2.25. The van der Waals surface area contributed by atoms with Gasteiger partial charge in [0.05, 0.1) is 0 Å². The molecule has 1 N–H and O–H groups in total. The normalized spacial score (nSPS) is 21.2. The zero-order chi connectivity index (χ0) is 16.9. The summed E-state index contributed by atoms with van der Waals surface area (Å²) < 4.78 is 2.05. The summed E-state index contributed by atoms with van der Waals surface area (Å²) in [5.74, 6) is 0.143. The molecule has 1 aromatic rings. The molecule has 1 unspecified atom stereocenters. The van der Waals surface area contributed by atoms with Crippen molar-refractivity contribution in [2.24, 2.45) is 0 Å². The summed E-state index contributed by atoms with van der Waals surface area (Å²) in [6.07, 6.45) is 9.60. The number of hydrogen-bond donors (Lipinski definition) is 1. The summed E-state index contributed by atoms with van der Waals surface area (Å²) in [6.45, 7) is 9.30. The minimum atomic E-state index is 0.143. The molecule has 132 valence electrons. The van der Waals surface area contributed by atoms with E-state index in [4.69, 9.17) is 5.10 Å². The van der Waals surface area contributed by atoms with E-state index in [1.54, 1.807) is 0 Å². The van der Waals surface area contributed by atoms with E-state index in [1.807, 2.05) is 15.7 Å². The second kappa shape index (κ2) is 7.97. The van der Waals surface area contributed by atoms with Crippen molar-refractivity contribution in [2.45, 2.75) is 64.5 Å². The molecule has 24 heavy (non-hydrogen) atoms. The van der Waals surface area contributed by atoms with Crippen LogP contribution in [0.25, 0.3) is 0 Å². The number of fused-ring (bicyclic) bond motifs is 1. The lowest BCUT2D eigenvalue weighted by Crippen LogP contribution is -2.36. The zero-order valence-electron chi connectivity index (χ0n) is 14.9. The van der Waals surface area contributed by atoms with Crippen LogP contribution in [0.2, 0.25) is 0 Å². The van der Waals surface area contributed by atoms with Crippen LogP contribution >= 0.6 is 0 Å². The predicted molar refractivity (Wildman–Crippen MR) is 96.3 cm³/mol. The maximum Gasteiger partial charge on any atom is 0.274 e. The third-order valence-corrected chi connectivity index (χ3v) is 5.29. The van der Waals surface area contributed by atoms with E-state index in [2.05, 4.69) is 18.8 Å². The van der Waals surface area contributed by atoms with Crippen molar-refractivity contribution >= 4 is 5.91 Å². The number of likely N-dealkylation sites (tertiary alicyclic amines) is 1. The van der Waals surface area contributed by atoms with E-state index in [9.17, 15) is 4.79 Å². The van der Waals surface area contributed by atoms with Gasteiger partial charge in [0.2, 0.25) is 0 Å². The van der Waals surface area contributed by atoms with E-state index in [0.717, 1.165) is 58.3 Å². The van der Waals surface area contributed by atoms with Crippen molar-refractivity contribution in [3.8, 4) is 0 Å². The molecule has 0 radical (unpaired) electrons. The van der Waals surface area contributed by atoms with Gasteiger partial charge >= 0.3 is 0 Å². The summed E-state index contributed by atoms with van der Waals surface area (Å²) >= 11 is 0. The number of carbonyl (C=O) groups is 1. The highest BCUT2D eigenvalue weighted by Crippen LogP contribution is 2.26. The fourth-order valence-electron chi connectivity index (χ4n) is 3.97. The molecule has 2 aliphatic rings. The standard InChI is InChI=1S/C19H30N4O/c1-3-11-20-15-9-10-17-16(14-15)18(21-23(17)4-2)19(24)22-12-7-5-6-8-13-22/h3,15,20H,1,4-14H2,2H3. The first kappa shape index (κ1) is 17.2. The molecule has 3 rings (SSSR count). The lowest BCUT2D eigenvalue weighted by molar-refractivity contribution is 0.0753. The van der Waals surface area contributed by atoms with Crippen LogP contribution in [-0.4, -0.2) is 46.3 Å². The third-order valence-electron chi connectivity index (χ3n) is 5.29. The van der Waals surface area contributed by atoms with Crippen molar-refractivity contribution in [1.29, 1.82) is 0 Å². The number of amides is 1. The van der Waals surface area contributed by atoms with Crippen molar-refractivity contribution in [2.75, 3.05) is 19.6 Å². The largest absolute Gasteiger partial charge is 0.337 e. The van der Waals surface area contributed by atoms with Gasteiger partial charge in [0.25, 0.3) is 5.91 Å². The molecule has 1 amide bonds. The van der Waals surface area contributed by atoms with Gasteiger partial charge in [-0.25, -0.2) is 0 Å². The maximum absolute atomic E-state index is 13.1. The highest BCUT2D eigenvalue weighted by molar-refractivity contribution is 5.94. The second-order valence-electron chi connectivity index (χ2n) is 6.93. The van der Waals surface area contributed by atoms with E-state index >= 15 is 0 Å². The average Bonchev–Trinajstić information content (AvgIpc) is 2.78. The molecule has 0 bridgehead atoms. The minimum absolute atomic E-state index is 0.143. The van der Waals surface area contributed by atoms with E-state index in [1.165, 1.54) is 24.1 Å². The van der Waals surface area contributed by atoms with Crippen molar-refractivity contribution in [3.05, 3.63) is 29.6 Å². The Hall–Kier alpha value is -1.62. The van der Waals surface area contributed by atoms with Crippen LogP contribution in [0.1, 0.15) is 60.8 Å². The van der Waals surface area contributed by atoms with Gasteiger partial charge in [0.1, 0.15) is 0 Å². The zero-order valence-corrected chi connectivity index (χ0v) is 14.9. The van der Waals surface area contributed by atoms with Gasteiger partial charge < -0.3 is 10.2 Å². The Morgan fingerprint density at radius 3 is 2.75 bits per heavy atom. The van der Waals surface area contributed by atoms with Crippen LogP contribution in [-0.2, 0) is 19.4 Å². The Bertz CT molecular complexity index is 584. The van der Waals surface area contributed by atoms with E-state index < -0.39 is 0 Å². The fourth-order valence-corrected chi connectivity index (χ4v) is 3.97. The molecular formula is C19H30N4O. The summed E-state index contributed by atoms with van der Waals surface area (Å²) in [7, 11) is 0. The van der Waals surface area contributed by atoms with Crippen LogP contribution in [0.15, 0.2) is 12.7 Å². The van der Waals surface area contributed by atoms with E-state index in [-0.39, 0.29) is 5.91 Å². The molecule has 0 aromatic carbocycles. The Labute approximate surface area is 145 Å². The van der Waals surface area contributed by atoms with Gasteiger partial charge in [-0.15, -0.1) is 6.58 Å². The van der Waals surface area contributed by atoms with Crippen LogP contribution in [0.3, 0.4) is 0 Å². The molecular weight excluding hydrogens is 300 g/mol. The molecule has 5 heteroatoms. The number of rotatable bonds is 5. The van der Waals surface area contributed by atoms with Crippen LogP contribution < -0.4 is 5.32 Å². The number of aryl methyl sites for hydroxylation is 1. The maximum atomic E-state index is 13.1. The summed E-state index contributed by atoms with van der Waals surface area (Å²) in [6, 6.07) is 0.417. The fraction of sp³-hybridized carbons (Fsp3) is 0.684. The second-order valence-corrected chi connectivity index (χ2v) is 6.93. The average molecular weight is 330 g/mol. The third kappa shape index (κ3) is 3.56. The quantitative estimate of drug-likeness (QED) is 0.844. The molecule has 1 atom stereocenters. The van der Waals surface area contributed by atoms with Gasteiger partial charge in [-0.1, -0.05) is 18.9 Å². The van der Waals surface area contributed by atoms with Crippen LogP contribution in [0.4, 0.5) is 0 Å². The summed E-state index contributed by atoms with van der Waals surface area (Å²) in [5, 5.41) is 8.22. The lowest BCUT2D eigenvalue weighted by atomic mass is 9.91. The molecule has 1 aliphatic carbocycles. The number of nitrogens with zero attached hydrogens (tertiary/aromatic N) is 3. The number of aromatic nitrogens is 2. The first-order valence-electron chi connectivity index (χ1n) is 9.46. The highest BCUT2D eigenvalue weighted by atomic mass is 16.2. The molecule has 0 spiro atoms.